The van der Waals surface area contributed by atoms with Crippen molar-refractivity contribution >= 4 is 15.9 Å². The van der Waals surface area contributed by atoms with E-state index in [-0.39, 0.29) is 12.2 Å². The van der Waals surface area contributed by atoms with Gasteiger partial charge in [0.05, 0.1) is 20.3 Å². The van der Waals surface area contributed by atoms with Gasteiger partial charge in [0.25, 0.3) is 0 Å². The molecule has 0 saturated carbocycles. The lowest BCUT2D eigenvalue weighted by Gasteiger charge is -2.14. The predicted octanol–water partition coefficient (Wildman–Crippen LogP) is 3.88. The van der Waals surface area contributed by atoms with Crippen molar-refractivity contribution in [2.24, 2.45) is 0 Å². The third-order valence-corrected chi connectivity index (χ3v) is 3.68. The maximum Gasteiger partial charge on any atom is 0.127 e. The number of halogens is 2. The molecule has 1 N–H and O–H groups in total. The van der Waals surface area contributed by atoms with Crippen LogP contribution in [-0.2, 0) is 6.42 Å². The van der Waals surface area contributed by atoms with Crippen LogP contribution in [0.15, 0.2) is 40.9 Å². The summed E-state index contributed by atoms with van der Waals surface area (Å²) in [6, 6.07) is 9.93. The molecule has 3 nitrogen and oxygen atoms in total. The fourth-order valence-electron chi connectivity index (χ4n) is 2.04. The van der Waals surface area contributed by atoms with Crippen LogP contribution >= 0.6 is 15.9 Å². The number of rotatable bonds is 5. The van der Waals surface area contributed by atoms with Gasteiger partial charge in [0.1, 0.15) is 17.3 Å². The molecule has 112 valence electrons. The zero-order valence-corrected chi connectivity index (χ0v) is 13.4. The summed E-state index contributed by atoms with van der Waals surface area (Å²) < 4.78 is 24.8. The van der Waals surface area contributed by atoms with E-state index in [4.69, 9.17) is 9.47 Å². The van der Waals surface area contributed by atoms with E-state index >= 15 is 0 Å². The lowest BCUT2D eigenvalue weighted by molar-refractivity contribution is 0.176. The first-order valence-electron chi connectivity index (χ1n) is 6.38. The number of hydrogen-bond acceptors (Lipinski definition) is 3. The minimum absolute atomic E-state index is 0.176. The first-order chi connectivity index (χ1) is 10.0. The van der Waals surface area contributed by atoms with Gasteiger partial charge < -0.3 is 14.6 Å². The van der Waals surface area contributed by atoms with Crippen molar-refractivity contribution in [3.05, 3.63) is 57.8 Å². The van der Waals surface area contributed by atoms with Crippen molar-refractivity contribution in [3.63, 3.8) is 0 Å². The molecule has 0 aromatic heterocycles. The maximum absolute atomic E-state index is 13.8. The molecule has 0 aliphatic rings. The average Bonchev–Trinajstić information content (AvgIpc) is 2.49. The Kier molecular flexibility index (Phi) is 5.20. The number of hydrogen-bond donors (Lipinski definition) is 1. The molecule has 1 unspecified atom stereocenters. The standard InChI is InChI=1S/C16H16BrFO3/c1-20-13-5-11(6-14(9-13)21-2)16(19)7-10-3-4-12(17)8-15(10)18/h3-6,8-9,16,19H,7H2,1-2H3. The monoisotopic (exact) mass is 354 g/mol. The first kappa shape index (κ1) is 15.8. The zero-order chi connectivity index (χ0) is 15.4. The molecule has 0 bridgehead atoms. The number of aliphatic hydroxyl groups excluding tert-OH is 1. The number of ether oxygens (including phenoxy) is 2. The first-order valence-corrected chi connectivity index (χ1v) is 7.17. The van der Waals surface area contributed by atoms with Crippen LogP contribution in [0, 0.1) is 5.82 Å². The second kappa shape index (κ2) is 6.91. The van der Waals surface area contributed by atoms with Gasteiger partial charge in [0, 0.05) is 17.0 Å². The van der Waals surface area contributed by atoms with E-state index in [2.05, 4.69) is 15.9 Å². The van der Waals surface area contributed by atoms with Gasteiger partial charge in [-0.15, -0.1) is 0 Å². The average molecular weight is 355 g/mol. The predicted molar refractivity (Wildman–Crippen MR) is 82.3 cm³/mol. The molecule has 0 radical (unpaired) electrons. The SMILES string of the molecule is COc1cc(OC)cc(C(O)Cc2ccc(Br)cc2F)c1. The van der Waals surface area contributed by atoms with Crippen LogP contribution in [0.3, 0.4) is 0 Å². The van der Waals surface area contributed by atoms with E-state index in [9.17, 15) is 9.50 Å². The summed E-state index contributed by atoms with van der Waals surface area (Å²) in [6.45, 7) is 0. The number of benzene rings is 2. The largest absolute Gasteiger partial charge is 0.497 e. The molecule has 0 fully saturated rings. The number of methoxy groups -OCH3 is 2. The highest BCUT2D eigenvalue weighted by Crippen LogP contribution is 2.29. The normalized spacial score (nSPS) is 12.0. The Morgan fingerprint density at radius 2 is 1.71 bits per heavy atom. The highest BCUT2D eigenvalue weighted by atomic mass is 79.9. The smallest absolute Gasteiger partial charge is 0.127 e. The Morgan fingerprint density at radius 3 is 2.24 bits per heavy atom. The summed E-state index contributed by atoms with van der Waals surface area (Å²) in [4.78, 5) is 0. The molecule has 0 heterocycles. The molecule has 2 rings (SSSR count). The van der Waals surface area contributed by atoms with Gasteiger partial charge in [-0.1, -0.05) is 22.0 Å². The Labute approximate surface area is 131 Å². The fraction of sp³-hybridized carbons (Fsp3) is 0.250. The van der Waals surface area contributed by atoms with E-state index in [0.717, 1.165) is 0 Å². The second-order valence-electron chi connectivity index (χ2n) is 4.60. The van der Waals surface area contributed by atoms with Crippen LogP contribution in [-0.4, -0.2) is 19.3 Å². The third kappa shape index (κ3) is 3.95. The van der Waals surface area contributed by atoms with Gasteiger partial charge >= 0.3 is 0 Å². The van der Waals surface area contributed by atoms with Crippen molar-refractivity contribution in [2.75, 3.05) is 14.2 Å². The fourth-order valence-corrected chi connectivity index (χ4v) is 2.37. The van der Waals surface area contributed by atoms with Gasteiger partial charge in [0.2, 0.25) is 0 Å². The number of aliphatic hydroxyl groups is 1. The summed E-state index contributed by atoms with van der Waals surface area (Å²) >= 11 is 3.21. The van der Waals surface area contributed by atoms with E-state index in [1.807, 2.05) is 0 Å². The maximum atomic E-state index is 13.8. The summed E-state index contributed by atoms with van der Waals surface area (Å²) in [7, 11) is 3.08. The molecule has 1 atom stereocenters. The Bertz CT molecular complexity index is 609. The summed E-state index contributed by atoms with van der Waals surface area (Å²) in [5, 5.41) is 10.3. The topological polar surface area (TPSA) is 38.7 Å². The molecule has 2 aromatic rings. The molecular weight excluding hydrogens is 339 g/mol. The molecule has 0 aliphatic carbocycles. The zero-order valence-electron chi connectivity index (χ0n) is 11.8. The summed E-state index contributed by atoms with van der Waals surface area (Å²) in [5.74, 6) is 0.817. The van der Waals surface area contributed by atoms with Crippen LogP contribution < -0.4 is 9.47 Å². The van der Waals surface area contributed by atoms with Gasteiger partial charge in [-0.05, 0) is 35.4 Å². The third-order valence-electron chi connectivity index (χ3n) is 3.19. The van der Waals surface area contributed by atoms with E-state index in [0.29, 0.717) is 27.1 Å². The van der Waals surface area contributed by atoms with Gasteiger partial charge in [-0.25, -0.2) is 4.39 Å². The van der Waals surface area contributed by atoms with Gasteiger partial charge in [-0.3, -0.25) is 0 Å². The van der Waals surface area contributed by atoms with Crippen LogP contribution in [0.25, 0.3) is 0 Å². The molecule has 0 aliphatic heterocycles. The van der Waals surface area contributed by atoms with Crippen molar-refractivity contribution in [1.29, 1.82) is 0 Å². The van der Waals surface area contributed by atoms with Crippen LogP contribution in [0.1, 0.15) is 17.2 Å². The highest BCUT2D eigenvalue weighted by Gasteiger charge is 2.14. The van der Waals surface area contributed by atoms with Gasteiger partial charge in [0.15, 0.2) is 0 Å². The lowest BCUT2D eigenvalue weighted by Crippen LogP contribution is -2.04. The Hall–Kier alpha value is -1.59. The van der Waals surface area contributed by atoms with Crippen LogP contribution in [0.4, 0.5) is 4.39 Å². The quantitative estimate of drug-likeness (QED) is 0.885. The molecule has 2 aromatic carbocycles. The van der Waals surface area contributed by atoms with E-state index in [1.54, 1.807) is 44.6 Å². The minimum atomic E-state index is -0.843. The van der Waals surface area contributed by atoms with Crippen LogP contribution in [0.2, 0.25) is 0 Å². The van der Waals surface area contributed by atoms with E-state index in [1.165, 1.54) is 6.07 Å². The molecule has 5 heteroatoms. The van der Waals surface area contributed by atoms with Crippen molar-refractivity contribution in [2.45, 2.75) is 12.5 Å². The molecule has 21 heavy (non-hydrogen) atoms. The lowest BCUT2D eigenvalue weighted by atomic mass is 10.0. The van der Waals surface area contributed by atoms with Crippen LogP contribution in [0.5, 0.6) is 11.5 Å². The molecule has 0 saturated heterocycles. The summed E-state index contributed by atoms with van der Waals surface area (Å²) in [5.41, 5.74) is 1.07. The molecule has 0 spiro atoms. The van der Waals surface area contributed by atoms with E-state index < -0.39 is 6.10 Å². The minimum Gasteiger partial charge on any atom is -0.497 e. The Morgan fingerprint density at radius 1 is 1.10 bits per heavy atom. The van der Waals surface area contributed by atoms with Crippen molar-refractivity contribution in [3.8, 4) is 11.5 Å². The Balaban J connectivity index is 2.25. The second-order valence-corrected chi connectivity index (χ2v) is 5.52. The highest BCUT2D eigenvalue weighted by molar-refractivity contribution is 9.10. The molecular formula is C16H16BrFO3. The van der Waals surface area contributed by atoms with Crippen molar-refractivity contribution < 1.29 is 19.0 Å². The summed E-state index contributed by atoms with van der Waals surface area (Å²) in [6.07, 6.45) is -0.667. The van der Waals surface area contributed by atoms with Crippen molar-refractivity contribution in [1.82, 2.24) is 0 Å². The molecule has 0 amide bonds. The van der Waals surface area contributed by atoms with Gasteiger partial charge in [-0.2, -0.15) is 0 Å².